The average Bonchev–Trinajstić information content (AvgIpc) is 2.39. The summed E-state index contributed by atoms with van der Waals surface area (Å²) < 4.78 is 0. The van der Waals surface area contributed by atoms with Crippen LogP contribution in [0.4, 0.5) is 0 Å². The molecule has 1 aromatic carbocycles. The van der Waals surface area contributed by atoms with Gasteiger partial charge in [0, 0.05) is 11.8 Å². The summed E-state index contributed by atoms with van der Waals surface area (Å²) >= 11 is 1.72. The number of aliphatic hydroxyl groups excluding tert-OH is 1. The molecule has 5 N–H and O–H groups in total. The second kappa shape index (κ2) is 8.53. The largest absolute Gasteiger partial charge is 0.391 e. The van der Waals surface area contributed by atoms with Gasteiger partial charge in [-0.25, -0.2) is 0 Å². The minimum atomic E-state index is -0.458. The second-order valence-corrected chi connectivity index (χ2v) is 5.87. The van der Waals surface area contributed by atoms with Gasteiger partial charge in [0.15, 0.2) is 0 Å². The van der Waals surface area contributed by atoms with Crippen molar-refractivity contribution in [2.75, 3.05) is 18.1 Å². The van der Waals surface area contributed by atoms with E-state index in [1.807, 2.05) is 30.3 Å². The minimum absolute atomic E-state index is 0.201. The van der Waals surface area contributed by atoms with Gasteiger partial charge in [-0.2, -0.15) is 11.8 Å². The molecule has 0 aliphatic rings. The van der Waals surface area contributed by atoms with Crippen molar-refractivity contribution >= 4 is 11.8 Å². The van der Waals surface area contributed by atoms with Crippen LogP contribution < -0.4 is 11.5 Å². The van der Waals surface area contributed by atoms with E-state index in [9.17, 15) is 5.11 Å². The maximum atomic E-state index is 9.99. The molecule has 0 saturated carbocycles. The topological polar surface area (TPSA) is 72.3 Å². The first kappa shape index (κ1) is 15.5. The fourth-order valence-corrected chi connectivity index (χ4v) is 2.77. The molecule has 0 aliphatic heterocycles. The van der Waals surface area contributed by atoms with Gasteiger partial charge in [-0.1, -0.05) is 37.3 Å². The van der Waals surface area contributed by atoms with Crippen LogP contribution in [0.1, 0.15) is 12.5 Å². The van der Waals surface area contributed by atoms with Gasteiger partial charge in [-0.05, 0) is 30.2 Å². The zero-order chi connectivity index (χ0) is 13.4. The molecule has 0 heterocycles. The van der Waals surface area contributed by atoms with E-state index in [0.717, 1.165) is 12.2 Å². The van der Waals surface area contributed by atoms with Crippen LogP contribution >= 0.6 is 11.8 Å². The molecule has 4 heteroatoms. The monoisotopic (exact) mass is 268 g/mol. The van der Waals surface area contributed by atoms with Crippen LogP contribution in [-0.4, -0.2) is 35.3 Å². The highest BCUT2D eigenvalue weighted by atomic mass is 32.2. The highest BCUT2D eigenvalue weighted by molar-refractivity contribution is 7.99. The molecule has 3 nitrogen and oxygen atoms in total. The Morgan fingerprint density at radius 3 is 2.50 bits per heavy atom. The summed E-state index contributed by atoms with van der Waals surface area (Å²) in [6.07, 6.45) is 0.259. The molecule has 0 aromatic heterocycles. The summed E-state index contributed by atoms with van der Waals surface area (Å²) in [6.45, 7) is 2.81. The van der Waals surface area contributed by atoms with Crippen LogP contribution in [-0.2, 0) is 6.42 Å². The van der Waals surface area contributed by atoms with Gasteiger partial charge in [0.25, 0.3) is 0 Å². The number of aliphatic hydroxyl groups is 1. The fraction of sp³-hybridized carbons (Fsp3) is 0.571. The maximum Gasteiger partial charge on any atom is 0.0784 e. The Morgan fingerprint density at radius 1 is 1.22 bits per heavy atom. The van der Waals surface area contributed by atoms with E-state index in [0.29, 0.717) is 18.2 Å². The predicted octanol–water partition coefficient (Wildman–Crippen LogP) is 1.25. The Morgan fingerprint density at radius 2 is 1.89 bits per heavy atom. The minimum Gasteiger partial charge on any atom is -0.391 e. The molecule has 1 aromatic rings. The fourth-order valence-electron chi connectivity index (χ4n) is 1.60. The van der Waals surface area contributed by atoms with Gasteiger partial charge in [-0.3, -0.25) is 0 Å². The van der Waals surface area contributed by atoms with Crippen LogP contribution in [0.25, 0.3) is 0 Å². The van der Waals surface area contributed by atoms with E-state index < -0.39 is 6.10 Å². The number of benzene rings is 1. The predicted molar refractivity (Wildman–Crippen MR) is 79.7 cm³/mol. The van der Waals surface area contributed by atoms with E-state index in [1.54, 1.807) is 11.8 Å². The lowest BCUT2D eigenvalue weighted by Gasteiger charge is -2.19. The third-order valence-electron chi connectivity index (χ3n) is 2.90. The van der Waals surface area contributed by atoms with Gasteiger partial charge < -0.3 is 16.6 Å². The van der Waals surface area contributed by atoms with Crippen LogP contribution in [0.3, 0.4) is 0 Å². The summed E-state index contributed by atoms with van der Waals surface area (Å²) in [4.78, 5) is 0. The molecule has 18 heavy (non-hydrogen) atoms. The van der Waals surface area contributed by atoms with Crippen molar-refractivity contribution in [2.24, 2.45) is 17.4 Å². The van der Waals surface area contributed by atoms with Crippen molar-refractivity contribution in [3.63, 3.8) is 0 Å². The highest BCUT2D eigenvalue weighted by Crippen LogP contribution is 2.12. The van der Waals surface area contributed by atoms with Gasteiger partial charge >= 0.3 is 0 Å². The lowest BCUT2D eigenvalue weighted by atomic mass is 10.0. The van der Waals surface area contributed by atoms with Gasteiger partial charge in [-0.15, -0.1) is 0 Å². The number of rotatable bonds is 8. The van der Waals surface area contributed by atoms with Crippen LogP contribution in [0.15, 0.2) is 30.3 Å². The first-order valence-corrected chi connectivity index (χ1v) is 7.54. The first-order chi connectivity index (χ1) is 8.63. The average molecular weight is 268 g/mol. The van der Waals surface area contributed by atoms with Crippen molar-refractivity contribution in [2.45, 2.75) is 25.5 Å². The van der Waals surface area contributed by atoms with E-state index in [1.165, 1.54) is 5.56 Å². The van der Waals surface area contributed by atoms with Crippen molar-refractivity contribution in [1.82, 2.24) is 0 Å². The molecule has 0 bridgehead atoms. The molecular weight excluding hydrogens is 244 g/mol. The van der Waals surface area contributed by atoms with Crippen LogP contribution in [0.2, 0.25) is 0 Å². The molecule has 0 amide bonds. The normalized spacial score (nSPS) is 16.2. The Bertz CT molecular complexity index is 321. The SMILES string of the molecule is CC(CN)CSCC(O)C(N)Cc1ccccc1. The third kappa shape index (κ3) is 5.87. The molecule has 102 valence electrons. The molecule has 0 aliphatic carbocycles. The molecular formula is C14H24N2OS. The van der Waals surface area contributed by atoms with Gasteiger partial charge in [0.05, 0.1) is 6.10 Å². The second-order valence-electron chi connectivity index (χ2n) is 4.80. The molecule has 3 atom stereocenters. The summed E-state index contributed by atoms with van der Waals surface area (Å²) in [5.74, 6) is 2.15. The maximum absolute atomic E-state index is 9.99. The summed E-state index contributed by atoms with van der Waals surface area (Å²) in [5.41, 5.74) is 12.7. The molecule has 0 radical (unpaired) electrons. The summed E-state index contributed by atoms with van der Waals surface area (Å²) in [5, 5.41) is 9.99. The molecule has 0 spiro atoms. The van der Waals surface area contributed by atoms with Gasteiger partial charge in [0.2, 0.25) is 0 Å². The van der Waals surface area contributed by atoms with Crippen molar-refractivity contribution in [3.8, 4) is 0 Å². The zero-order valence-corrected chi connectivity index (χ0v) is 11.8. The third-order valence-corrected chi connectivity index (χ3v) is 4.28. The number of thioether (sulfide) groups is 1. The molecule has 3 unspecified atom stereocenters. The molecule has 0 saturated heterocycles. The highest BCUT2D eigenvalue weighted by Gasteiger charge is 2.15. The Hall–Kier alpha value is -0.550. The Balaban J connectivity index is 2.26. The smallest absolute Gasteiger partial charge is 0.0784 e. The first-order valence-electron chi connectivity index (χ1n) is 6.39. The Kier molecular flexibility index (Phi) is 7.35. The summed E-state index contributed by atoms with van der Waals surface area (Å²) in [7, 11) is 0. The lowest BCUT2D eigenvalue weighted by Crippen LogP contribution is -2.38. The molecule has 0 fully saturated rings. The van der Waals surface area contributed by atoms with E-state index in [2.05, 4.69) is 6.92 Å². The quantitative estimate of drug-likeness (QED) is 0.663. The van der Waals surface area contributed by atoms with Crippen molar-refractivity contribution < 1.29 is 5.11 Å². The lowest BCUT2D eigenvalue weighted by molar-refractivity contribution is 0.167. The van der Waals surface area contributed by atoms with E-state index >= 15 is 0 Å². The standard InChI is InChI=1S/C14H24N2OS/c1-11(8-15)9-18-10-14(17)13(16)7-12-5-3-2-4-6-12/h2-6,11,13-14,17H,7-10,15-16H2,1H3. The van der Waals surface area contributed by atoms with Crippen LogP contribution in [0, 0.1) is 5.92 Å². The van der Waals surface area contributed by atoms with Crippen molar-refractivity contribution in [3.05, 3.63) is 35.9 Å². The Labute approximate surface area is 114 Å². The number of hydrogen-bond acceptors (Lipinski definition) is 4. The number of nitrogens with two attached hydrogens (primary N) is 2. The van der Waals surface area contributed by atoms with Crippen LogP contribution in [0.5, 0.6) is 0 Å². The van der Waals surface area contributed by atoms with E-state index in [-0.39, 0.29) is 6.04 Å². The molecule has 1 rings (SSSR count). The van der Waals surface area contributed by atoms with E-state index in [4.69, 9.17) is 11.5 Å². The van der Waals surface area contributed by atoms with Crippen molar-refractivity contribution in [1.29, 1.82) is 0 Å². The zero-order valence-electron chi connectivity index (χ0n) is 11.0. The summed E-state index contributed by atoms with van der Waals surface area (Å²) in [6, 6.07) is 9.84. The van der Waals surface area contributed by atoms with Gasteiger partial charge in [0.1, 0.15) is 0 Å². The number of hydrogen-bond donors (Lipinski definition) is 3.